The van der Waals surface area contributed by atoms with Crippen molar-refractivity contribution in [3.63, 3.8) is 0 Å². The molecule has 3 rings (SSSR count). The summed E-state index contributed by atoms with van der Waals surface area (Å²) in [5, 5.41) is 14.1. The number of amides is 1. The molecule has 0 bridgehead atoms. The quantitative estimate of drug-likeness (QED) is 0.429. The lowest BCUT2D eigenvalue weighted by atomic mass is 9.97. The summed E-state index contributed by atoms with van der Waals surface area (Å²) in [5.41, 5.74) is 2.10. The van der Waals surface area contributed by atoms with Crippen molar-refractivity contribution in [2.75, 3.05) is 26.3 Å². The maximum Gasteiger partial charge on any atom is 0.407 e. The minimum Gasteiger partial charge on any atom is -0.444 e. The minimum atomic E-state index is -3.85. The van der Waals surface area contributed by atoms with E-state index < -0.39 is 28.3 Å². The number of hydrogen-bond donors (Lipinski definition) is 2. The lowest BCUT2D eigenvalue weighted by molar-refractivity contribution is 0.0644. The van der Waals surface area contributed by atoms with Crippen LogP contribution in [0.2, 0.25) is 0 Å². The second kappa shape index (κ2) is 13.4. The summed E-state index contributed by atoms with van der Waals surface area (Å²) in [6.07, 6.45) is -1.22. The molecule has 0 aliphatic carbocycles. The van der Waals surface area contributed by atoms with E-state index in [1.165, 1.54) is 9.87 Å². The van der Waals surface area contributed by atoms with Crippen molar-refractivity contribution in [3.05, 3.63) is 65.7 Å². The molecule has 3 unspecified atom stereocenters. The first kappa shape index (κ1) is 29.1. The molecule has 0 spiro atoms. The molecule has 37 heavy (non-hydrogen) atoms. The van der Waals surface area contributed by atoms with Crippen molar-refractivity contribution in [1.82, 2.24) is 9.62 Å². The normalized spacial score (nSPS) is 17.8. The summed E-state index contributed by atoms with van der Waals surface area (Å²) in [5.74, 6) is 0.415. The van der Waals surface area contributed by atoms with Crippen LogP contribution in [0.5, 0.6) is 0 Å². The minimum absolute atomic E-state index is 0.0352. The van der Waals surface area contributed by atoms with Gasteiger partial charge in [0.25, 0.3) is 0 Å². The monoisotopic (exact) mass is 532 g/mol. The third-order valence-corrected chi connectivity index (χ3v) is 8.22. The second-order valence-electron chi connectivity index (χ2n) is 10.3. The number of nitrogens with zero attached hydrogens (tertiary/aromatic N) is 1. The smallest absolute Gasteiger partial charge is 0.407 e. The van der Waals surface area contributed by atoms with Gasteiger partial charge in [0.2, 0.25) is 10.0 Å². The number of alkyl carbamates (subject to hydrolysis) is 1. The fraction of sp³-hybridized carbons (Fsp3) is 0.536. The van der Waals surface area contributed by atoms with Gasteiger partial charge < -0.3 is 19.9 Å². The molecule has 0 radical (unpaired) electrons. The van der Waals surface area contributed by atoms with Crippen LogP contribution in [0.3, 0.4) is 0 Å². The number of aliphatic hydroxyl groups excluding tert-OH is 1. The number of benzene rings is 2. The standard InChI is InChI=1S/C28H40N2O6S/c1-20(2)17-30(37(33,34)25-8-6-5-7-9-25)18-27(31)26(29-28(32)36-24-14-15-35-19-24)16-22-10-12-23(13-11-22)21(3)4/h5-13,20-21,24,26-27,31H,14-19H2,1-4H3,(H,29,32). The van der Waals surface area contributed by atoms with Crippen molar-refractivity contribution in [3.8, 4) is 0 Å². The summed E-state index contributed by atoms with van der Waals surface area (Å²) in [6, 6.07) is 15.4. The molecule has 2 N–H and O–H groups in total. The first-order chi connectivity index (χ1) is 17.6. The highest BCUT2D eigenvalue weighted by atomic mass is 32.2. The molecular weight excluding hydrogens is 492 g/mol. The zero-order chi connectivity index (χ0) is 27.0. The number of carbonyl (C=O) groups is 1. The van der Waals surface area contributed by atoms with Crippen molar-refractivity contribution in [2.24, 2.45) is 5.92 Å². The number of rotatable bonds is 12. The SMILES string of the molecule is CC(C)CN(CC(O)C(Cc1ccc(C(C)C)cc1)NC(=O)OC1CCOC1)S(=O)(=O)c1ccccc1. The molecule has 1 saturated heterocycles. The largest absolute Gasteiger partial charge is 0.444 e. The van der Waals surface area contributed by atoms with Crippen LogP contribution in [-0.2, 0) is 25.9 Å². The van der Waals surface area contributed by atoms with E-state index in [4.69, 9.17) is 9.47 Å². The van der Waals surface area contributed by atoms with E-state index in [9.17, 15) is 18.3 Å². The van der Waals surface area contributed by atoms with Crippen LogP contribution >= 0.6 is 0 Å². The lowest BCUT2D eigenvalue weighted by Gasteiger charge is -2.30. The Morgan fingerprint density at radius 1 is 1.08 bits per heavy atom. The molecule has 204 valence electrons. The summed E-state index contributed by atoms with van der Waals surface area (Å²) in [4.78, 5) is 12.9. The van der Waals surface area contributed by atoms with Crippen LogP contribution in [-0.4, -0.2) is 68.5 Å². The molecule has 1 amide bonds. The van der Waals surface area contributed by atoms with Crippen LogP contribution in [0, 0.1) is 5.92 Å². The number of hydrogen-bond acceptors (Lipinski definition) is 6. The first-order valence-electron chi connectivity index (χ1n) is 12.9. The van der Waals surface area contributed by atoms with Gasteiger partial charge in [-0.15, -0.1) is 0 Å². The van der Waals surface area contributed by atoms with Crippen LogP contribution < -0.4 is 5.32 Å². The van der Waals surface area contributed by atoms with Gasteiger partial charge in [-0.2, -0.15) is 4.31 Å². The Morgan fingerprint density at radius 3 is 2.32 bits per heavy atom. The van der Waals surface area contributed by atoms with Gasteiger partial charge in [-0.05, 0) is 41.5 Å². The Bertz CT molecular complexity index is 1080. The molecule has 1 aliphatic rings. The number of aliphatic hydroxyl groups is 1. The van der Waals surface area contributed by atoms with Gasteiger partial charge in [0.15, 0.2) is 0 Å². The van der Waals surface area contributed by atoms with E-state index in [2.05, 4.69) is 19.2 Å². The highest BCUT2D eigenvalue weighted by molar-refractivity contribution is 7.89. The fourth-order valence-electron chi connectivity index (χ4n) is 4.27. The van der Waals surface area contributed by atoms with Gasteiger partial charge >= 0.3 is 6.09 Å². The van der Waals surface area contributed by atoms with E-state index in [1.807, 2.05) is 38.1 Å². The maximum atomic E-state index is 13.4. The molecule has 8 nitrogen and oxygen atoms in total. The number of carbonyl (C=O) groups excluding carboxylic acids is 1. The third-order valence-electron chi connectivity index (χ3n) is 6.37. The van der Waals surface area contributed by atoms with Gasteiger partial charge in [0.1, 0.15) is 6.10 Å². The zero-order valence-corrected chi connectivity index (χ0v) is 23.0. The molecule has 1 aliphatic heterocycles. The Hall–Kier alpha value is -2.46. The van der Waals surface area contributed by atoms with E-state index in [-0.39, 0.29) is 30.0 Å². The lowest BCUT2D eigenvalue weighted by Crippen LogP contribution is -2.51. The molecule has 1 heterocycles. The molecule has 2 aromatic rings. The Kier molecular flexibility index (Phi) is 10.5. The average Bonchev–Trinajstić information content (AvgIpc) is 3.36. The second-order valence-corrected chi connectivity index (χ2v) is 12.3. The Morgan fingerprint density at radius 2 is 1.76 bits per heavy atom. The topological polar surface area (TPSA) is 105 Å². The van der Waals surface area contributed by atoms with Crippen molar-refractivity contribution >= 4 is 16.1 Å². The molecule has 1 fully saturated rings. The highest BCUT2D eigenvalue weighted by Gasteiger charge is 2.32. The van der Waals surface area contributed by atoms with Crippen LogP contribution in [0.25, 0.3) is 0 Å². The van der Waals surface area contributed by atoms with Crippen molar-refractivity contribution in [2.45, 2.75) is 69.6 Å². The Labute approximate surface area is 221 Å². The first-order valence-corrected chi connectivity index (χ1v) is 14.4. The summed E-state index contributed by atoms with van der Waals surface area (Å²) in [7, 11) is -3.85. The molecule has 2 aromatic carbocycles. The van der Waals surface area contributed by atoms with Gasteiger partial charge in [0.05, 0.1) is 30.3 Å². The van der Waals surface area contributed by atoms with Crippen LogP contribution in [0.4, 0.5) is 4.79 Å². The van der Waals surface area contributed by atoms with Gasteiger partial charge in [-0.1, -0.05) is 70.2 Å². The summed E-state index contributed by atoms with van der Waals surface area (Å²) in [6.45, 7) is 9.01. The van der Waals surface area contributed by atoms with E-state index in [0.29, 0.717) is 32.0 Å². The predicted octanol–water partition coefficient (Wildman–Crippen LogP) is 3.94. The van der Waals surface area contributed by atoms with E-state index >= 15 is 0 Å². The predicted molar refractivity (Wildman–Crippen MR) is 143 cm³/mol. The van der Waals surface area contributed by atoms with Gasteiger partial charge in [-0.3, -0.25) is 0 Å². The molecule has 0 saturated carbocycles. The summed E-state index contributed by atoms with van der Waals surface area (Å²) >= 11 is 0. The van der Waals surface area contributed by atoms with Crippen molar-refractivity contribution < 1.29 is 27.8 Å². The Balaban J connectivity index is 1.81. The van der Waals surface area contributed by atoms with E-state index in [1.54, 1.807) is 30.3 Å². The van der Waals surface area contributed by atoms with Crippen LogP contribution in [0.15, 0.2) is 59.5 Å². The van der Waals surface area contributed by atoms with Crippen LogP contribution in [0.1, 0.15) is 51.2 Å². The molecule has 9 heteroatoms. The highest BCUT2D eigenvalue weighted by Crippen LogP contribution is 2.20. The average molecular weight is 533 g/mol. The number of sulfonamides is 1. The zero-order valence-electron chi connectivity index (χ0n) is 22.2. The summed E-state index contributed by atoms with van der Waals surface area (Å²) < 4.78 is 38.9. The third kappa shape index (κ3) is 8.53. The van der Waals surface area contributed by atoms with E-state index in [0.717, 1.165) is 5.56 Å². The fourth-order valence-corrected chi connectivity index (χ4v) is 5.92. The number of nitrogens with one attached hydrogen (secondary N) is 1. The maximum absolute atomic E-state index is 13.4. The van der Waals surface area contributed by atoms with Crippen molar-refractivity contribution in [1.29, 1.82) is 0 Å². The molecule has 0 aromatic heterocycles. The molecular formula is C28H40N2O6S. The molecule has 3 atom stereocenters. The van der Waals surface area contributed by atoms with Gasteiger partial charge in [0, 0.05) is 19.5 Å². The van der Waals surface area contributed by atoms with Gasteiger partial charge in [-0.25, -0.2) is 13.2 Å². The number of ether oxygens (including phenoxy) is 2.